The van der Waals surface area contributed by atoms with Gasteiger partial charge in [-0.2, -0.15) is 0 Å². The minimum atomic E-state index is -0.354. The van der Waals surface area contributed by atoms with E-state index in [9.17, 15) is 4.79 Å². The molecule has 1 saturated heterocycles. The highest BCUT2D eigenvalue weighted by Gasteiger charge is 2.33. The number of aromatic nitrogens is 3. The molecule has 1 aromatic carbocycles. The first-order chi connectivity index (χ1) is 12.0. The Bertz CT molecular complexity index is 943. The number of carbonyl (C=O) groups excluding carboxylic acids is 1. The molecule has 0 aliphatic carbocycles. The van der Waals surface area contributed by atoms with Gasteiger partial charge >= 0.3 is 0 Å². The summed E-state index contributed by atoms with van der Waals surface area (Å²) in [7, 11) is 0. The molecule has 1 aliphatic rings. The van der Waals surface area contributed by atoms with Crippen LogP contribution in [-0.2, 0) is 4.74 Å². The van der Waals surface area contributed by atoms with Crippen molar-refractivity contribution in [3.05, 3.63) is 46.8 Å². The Labute approximate surface area is 145 Å². The second-order valence-electron chi connectivity index (χ2n) is 6.38. The van der Waals surface area contributed by atoms with Crippen molar-refractivity contribution in [1.82, 2.24) is 20.1 Å². The van der Waals surface area contributed by atoms with Crippen LogP contribution in [0, 0.1) is 20.8 Å². The molecule has 3 heterocycles. The zero-order valence-corrected chi connectivity index (χ0v) is 14.5. The van der Waals surface area contributed by atoms with Crippen LogP contribution in [0.3, 0.4) is 0 Å². The van der Waals surface area contributed by atoms with Gasteiger partial charge in [0.05, 0.1) is 13.2 Å². The molecule has 130 valence electrons. The maximum Gasteiger partial charge on any atom is 0.254 e. The number of ether oxygens (including phenoxy) is 1. The number of benzene rings is 1. The quantitative estimate of drug-likeness (QED) is 0.775. The van der Waals surface area contributed by atoms with Crippen LogP contribution >= 0.6 is 0 Å². The largest absolute Gasteiger partial charge is 0.423 e. The Morgan fingerprint density at radius 3 is 2.88 bits per heavy atom. The number of amides is 1. The van der Waals surface area contributed by atoms with Gasteiger partial charge in [-0.1, -0.05) is 0 Å². The van der Waals surface area contributed by atoms with Gasteiger partial charge in [0, 0.05) is 35.6 Å². The van der Waals surface area contributed by atoms with Crippen LogP contribution in [-0.4, -0.2) is 45.7 Å². The van der Waals surface area contributed by atoms with Crippen LogP contribution in [0.5, 0.6) is 0 Å². The van der Waals surface area contributed by atoms with E-state index >= 15 is 0 Å². The molecule has 0 bridgehead atoms. The summed E-state index contributed by atoms with van der Waals surface area (Å²) in [5, 5.41) is 9.01. The number of rotatable bonds is 2. The van der Waals surface area contributed by atoms with Crippen molar-refractivity contribution in [2.45, 2.75) is 26.8 Å². The molecule has 1 fully saturated rings. The van der Waals surface area contributed by atoms with Crippen molar-refractivity contribution in [2.24, 2.45) is 0 Å². The van der Waals surface area contributed by atoms with Crippen LogP contribution in [0.2, 0.25) is 0 Å². The average Bonchev–Trinajstić information content (AvgIpc) is 3.18. The number of nitrogens with zero attached hydrogens (tertiary/aromatic N) is 3. The molecular formula is C18H20N4O3. The Balaban J connectivity index is 1.69. The number of aromatic amines is 1. The summed E-state index contributed by atoms with van der Waals surface area (Å²) < 4.78 is 11.1. The van der Waals surface area contributed by atoms with Crippen LogP contribution in [0.25, 0.3) is 10.9 Å². The van der Waals surface area contributed by atoms with Gasteiger partial charge in [0.25, 0.3) is 5.91 Å². The number of hydrogen-bond donors (Lipinski definition) is 1. The molecule has 0 saturated carbocycles. The van der Waals surface area contributed by atoms with Crippen molar-refractivity contribution in [3.8, 4) is 0 Å². The van der Waals surface area contributed by atoms with Crippen LogP contribution in [0.15, 0.2) is 22.6 Å². The van der Waals surface area contributed by atoms with E-state index in [4.69, 9.17) is 9.15 Å². The molecule has 25 heavy (non-hydrogen) atoms. The van der Waals surface area contributed by atoms with E-state index < -0.39 is 0 Å². The molecule has 1 atom stereocenters. The molecule has 1 amide bonds. The van der Waals surface area contributed by atoms with E-state index in [0.717, 1.165) is 22.2 Å². The van der Waals surface area contributed by atoms with Gasteiger partial charge in [-0.05, 0) is 37.6 Å². The highest BCUT2D eigenvalue weighted by molar-refractivity contribution is 5.99. The number of fused-ring (bicyclic) bond motifs is 1. The molecule has 2 aromatic heterocycles. The van der Waals surface area contributed by atoms with Crippen LogP contribution in [0.1, 0.15) is 39.4 Å². The van der Waals surface area contributed by atoms with Gasteiger partial charge in [0.1, 0.15) is 6.04 Å². The van der Waals surface area contributed by atoms with Crippen molar-refractivity contribution in [2.75, 3.05) is 19.8 Å². The smallest absolute Gasteiger partial charge is 0.254 e. The van der Waals surface area contributed by atoms with Gasteiger partial charge in [0.15, 0.2) is 0 Å². The fraction of sp³-hybridized carbons (Fsp3) is 0.389. The fourth-order valence-corrected chi connectivity index (χ4v) is 3.26. The second kappa shape index (κ2) is 6.00. The van der Waals surface area contributed by atoms with E-state index in [0.29, 0.717) is 37.1 Å². The monoisotopic (exact) mass is 340 g/mol. The van der Waals surface area contributed by atoms with Gasteiger partial charge < -0.3 is 19.0 Å². The highest BCUT2D eigenvalue weighted by atomic mass is 16.5. The van der Waals surface area contributed by atoms with Gasteiger partial charge in [-0.3, -0.25) is 4.79 Å². The predicted octanol–water partition coefficient (Wildman–Crippen LogP) is 2.69. The summed E-state index contributed by atoms with van der Waals surface area (Å²) in [6, 6.07) is 5.40. The second-order valence-corrected chi connectivity index (χ2v) is 6.38. The molecule has 1 N–H and O–H groups in total. The Morgan fingerprint density at radius 1 is 1.28 bits per heavy atom. The Morgan fingerprint density at radius 2 is 2.12 bits per heavy atom. The average molecular weight is 340 g/mol. The highest BCUT2D eigenvalue weighted by Crippen LogP contribution is 2.27. The summed E-state index contributed by atoms with van der Waals surface area (Å²) >= 11 is 0. The normalized spacial score (nSPS) is 18.0. The lowest BCUT2D eigenvalue weighted by Crippen LogP contribution is -2.43. The third kappa shape index (κ3) is 2.70. The third-order valence-electron chi connectivity index (χ3n) is 4.77. The van der Waals surface area contributed by atoms with Crippen molar-refractivity contribution in [1.29, 1.82) is 0 Å². The molecule has 4 rings (SSSR count). The maximum absolute atomic E-state index is 13.1. The SMILES string of the molecule is Cc1nnc(C2COCCN2C(=O)c2ccc3[nH]c(C)c(C)c3c2)o1. The number of carbonyl (C=O) groups is 1. The van der Waals surface area contributed by atoms with Crippen molar-refractivity contribution in [3.63, 3.8) is 0 Å². The maximum atomic E-state index is 13.1. The van der Waals surface area contributed by atoms with Crippen molar-refractivity contribution >= 4 is 16.8 Å². The van der Waals surface area contributed by atoms with E-state index in [2.05, 4.69) is 22.1 Å². The molecule has 3 aromatic rings. The number of aryl methyl sites for hydroxylation is 3. The minimum Gasteiger partial charge on any atom is -0.423 e. The molecule has 0 spiro atoms. The summed E-state index contributed by atoms with van der Waals surface area (Å²) in [5.74, 6) is 0.845. The van der Waals surface area contributed by atoms with E-state index in [-0.39, 0.29) is 11.9 Å². The molecule has 7 heteroatoms. The van der Waals surface area contributed by atoms with Gasteiger partial charge in [0.2, 0.25) is 11.8 Å². The third-order valence-corrected chi connectivity index (χ3v) is 4.77. The van der Waals surface area contributed by atoms with Crippen LogP contribution in [0.4, 0.5) is 0 Å². The van der Waals surface area contributed by atoms with Gasteiger partial charge in [-0.25, -0.2) is 0 Å². The first-order valence-corrected chi connectivity index (χ1v) is 8.32. The molecular weight excluding hydrogens is 320 g/mol. The summed E-state index contributed by atoms with van der Waals surface area (Å²) in [5.41, 5.74) is 3.97. The van der Waals surface area contributed by atoms with E-state index in [1.807, 2.05) is 25.1 Å². The Kier molecular flexibility index (Phi) is 3.80. The molecule has 0 radical (unpaired) electrons. The topological polar surface area (TPSA) is 84.3 Å². The number of nitrogens with one attached hydrogen (secondary N) is 1. The first kappa shape index (κ1) is 15.8. The number of H-pyrrole nitrogens is 1. The van der Waals surface area contributed by atoms with Gasteiger partial charge in [-0.15, -0.1) is 10.2 Å². The lowest BCUT2D eigenvalue weighted by molar-refractivity contribution is -0.0106. The summed E-state index contributed by atoms with van der Waals surface area (Å²) in [6.45, 7) is 7.18. The number of morpholine rings is 1. The minimum absolute atomic E-state index is 0.0516. The summed E-state index contributed by atoms with van der Waals surface area (Å²) in [4.78, 5) is 18.2. The molecule has 1 aliphatic heterocycles. The van der Waals surface area contributed by atoms with E-state index in [1.165, 1.54) is 0 Å². The van der Waals surface area contributed by atoms with Crippen molar-refractivity contribution < 1.29 is 13.9 Å². The standard InChI is InChI=1S/C18H20N4O3/c1-10-11(2)19-15-5-4-13(8-14(10)15)18(23)22-6-7-24-9-16(22)17-21-20-12(3)25-17/h4-5,8,16,19H,6-7,9H2,1-3H3. The van der Waals surface area contributed by atoms with E-state index in [1.54, 1.807) is 11.8 Å². The molecule has 7 nitrogen and oxygen atoms in total. The number of hydrogen-bond acceptors (Lipinski definition) is 5. The zero-order valence-electron chi connectivity index (χ0n) is 14.5. The lowest BCUT2D eigenvalue weighted by atomic mass is 10.1. The molecule has 1 unspecified atom stereocenters. The zero-order chi connectivity index (χ0) is 17.6. The summed E-state index contributed by atoms with van der Waals surface area (Å²) in [6.07, 6.45) is 0. The fourth-order valence-electron chi connectivity index (χ4n) is 3.26. The Hall–Kier alpha value is -2.67. The first-order valence-electron chi connectivity index (χ1n) is 8.32. The lowest BCUT2D eigenvalue weighted by Gasteiger charge is -2.33. The predicted molar refractivity (Wildman–Crippen MR) is 91.4 cm³/mol. The van der Waals surface area contributed by atoms with Crippen LogP contribution < -0.4 is 0 Å².